The number of likely N-dealkylation sites (tertiary alicyclic amines) is 1. The highest BCUT2D eigenvalue weighted by atomic mass is 16.4. The third-order valence-corrected chi connectivity index (χ3v) is 4.25. The SMILES string of the molecule is C=CCCCCCC[C@H](NC(=O)[C@@H]1C[C@@H](O)CN1C(C)=O)C(=O)O. The van der Waals surface area contributed by atoms with Gasteiger partial charge in [-0.15, -0.1) is 6.58 Å². The van der Waals surface area contributed by atoms with Gasteiger partial charge in [-0.25, -0.2) is 4.79 Å². The molecule has 1 fully saturated rings. The van der Waals surface area contributed by atoms with Gasteiger partial charge in [-0.05, 0) is 19.3 Å². The molecule has 2 amide bonds. The Morgan fingerprint density at radius 2 is 1.96 bits per heavy atom. The van der Waals surface area contributed by atoms with Crippen molar-refractivity contribution >= 4 is 17.8 Å². The van der Waals surface area contributed by atoms with E-state index in [-0.39, 0.29) is 18.9 Å². The second kappa shape index (κ2) is 10.1. The van der Waals surface area contributed by atoms with Crippen molar-refractivity contribution < 1.29 is 24.6 Å². The predicted octanol–water partition coefficient (Wildman–Crippen LogP) is 1.06. The predicted molar refractivity (Wildman–Crippen MR) is 89.3 cm³/mol. The van der Waals surface area contributed by atoms with Crippen LogP contribution in [0.15, 0.2) is 12.7 Å². The van der Waals surface area contributed by atoms with Crippen LogP contribution in [0.2, 0.25) is 0 Å². The lowest BCUT2D eigenvalue weighted by Gasteiger charge is -2.24. The third-order valence-electron chi connectivity index (χ3n) is 4.25. The molecule has 0 bridgehead atoms. The van der Waals surface area contributed by atoms with E-state index in [1.54, 1.807) is 0 Å². The number of hydrogen-bond acceptors (Lipinski definition) is 4. The fraction of sp³-hybridized carbons (Fsp3) is 0.706. The number of carboxylic acids is 1. The quantitative estimate of drug-likeness (QED) is 0.407. The van der Waals surface area contributed by atoms with E-state index < -0.39 is 30.1 Å². The van der Waals surface area contributed by atoms with E-state index in [0.29, 0.717) is 12.8 Å². The van der Waals surface area contributed by atoms with E-state index in [0.717, 1.165) is 25.7 Å². The van der Waals surface area contributed by atoms with Gasteiger partial charge in [0, 0.05) is 19.9 Å². The van der Waals surface area contributed by atoms with Crippen molar-refractivity contribution in [3.8, 4) is 0 Å². The molecule has 0 radical (unpaired) electrons. The average molecular weight is 340 g/mol. The molecule has 1 rings (SSSR count). The first-order chi connectivity index (χ1) is 11.4. The monoisotopic (exact) mass is 340 g/mol. The molecule has 0 spiro atoms. The highest BCUT2D eigenvalue weighted by Gasteiger charge is 2.38. The summed E-state index contributed by atoms with van der Waals surface area (Å²) < 4.78 is 0. The number of nitrogens with one attached hydrogen (secondary N) is 1. The second-order valence-electron chi connectivity index (χ2n) is 6.26. The van der Waals surface area contributed by atoms with Gasteiger partial charge in [0.05, 0.1) is 6.10 Å². The number of hydrogen-bond donors (Lipinski definition) is 3. The van der Waals surface area contributed by atoms with Gasteiger partial charge < -0.3 is 20.4 Å². The topological polar surface area (TPSA) is 107 Å². The molecule has 0 aromatic carbocycles. The fourth-order valence-corrected chi connectivity index (χ4v) is 2.93. The first kappa shape index (κ1) is 20.2. The van der Waals surface area contributed by atoms with Crippen LogP contribution in [0, 0.1) is 0 Å². The zero-order valence-electron chi connectivity index (χ0n) is 14.2. The first-order valence-electron chi connectivity index (χ1n) is 8.46. The van der Waals surface area contributed by atoms with Crippen molar-refractivity contribution in [2.75, 3.05) is 6.54 Å². The number of aliphatic hydroxyl groups excluding tert-OH is 1. The number of nitrogens with zero attached hydrogens (tertiary/aromatic N) is 1. The maximum absolute atomic E-state index is 12.3. The molecular weight excluding hydrogens is 312 g/mol. The number of carbonyl (C=O) groups is 3. The zero-order chi connectivity index (χ0) is 18.1. The van der Waals surface area contributed by atoms with Crippen molar-refractivity contribution in [1.29, 1.82) is 0 Å². The molecule has 7 nitrogen and oxygen atoms in total. The van der Waals surface area contributed by atoms with Crippen molar-refractivity contribution in [3.63, 3.8) is 0 Å². The normalized spacial score (nSPS) is 21.3. The molecule has 1 aliphatic heterocycles. The van der Waals surface area contributed by atoms with Crippen LogP contribution >= 0.6 is 0 Å². The summed E-state index contributed by atoms with van der Waals surface area (Å²) in [4.78, 5) is 36.5. The summed E-state index contributed by atoms with van der Waals surface area (Å²) >= 11 is 0. The molecule has 1 heterocycles. The maximum atomic E-state index is 12.3. The number of amides is 2. The van der Waals surface area contributed by atoms with Crippen LogP contribution in [-0.4, -0.2) is 57.6 Å². The Hall–Kier alpha value is -1.89. The van der Waals surface area contributed by atoms with Crippen LogP contribution in [0.1, 0.15) is 51.9 Å². The largest absolute Gasteiger partial charge is 0.480 e. The third kappa shape index (κ3) is 6.31. The van der Waals surface area contributed by atoms with Gasteiger partial charge in [-0.3, -0.25) is 9.59 Å². The van der Waals surface area contributed by atoms with Gasteiger partial charge in [0.2, 0.25) is 11.8 Å². The molecule has 1 aliphatic rings. The number of β-amino-alcohol motifs (C(OH)–C–C–N with tert-alkyl or cyclic N) is 1. The molecule has 0 aliphatic carbocycles. The van der Waals surface area contributed by atoms with E-state index >= 15 is 0 Å². The van der Waals surface area contributed by atoms with Crippen molar-refractivity contribution in [3.05, 3.63) is 12.7 Å². The van der Waals surface area contributed by atoms with E-state index in [1.165, 1.54) is 11.8 Å². The number of carbonyl (C=O) groups excluding carboxylic acids is 2. The first-order valence-corrected chi connectivity index (χ1v) is 8.46. The van der Waals surface area contributed by atoms with Crippen molar-refractivity contribution in [1.82, 2.24) is 10.2 Å². The minimum Gasteiger partial charge on any atom is -0.480 e. The van der Waals surface area contributed by atoms with Gasteiger partial charge >= 0.3 is 5.97 Å². The number of aliphatic carboxylic acids is 1. The summed E-state index contributed by atoms with van der Waals surface area (Å²) in [7, 11) is 0. The Bertz CT molecular complexity index is 466. The van der Waals surface area contributed by atoms with E-state index in [2.05, 4.69) is 11.9 Å². The Kier molecular flexibility index (Phi) is 8.46. The van der Waals surface area contributed by atoms with Gasteiger partial charge in [0.25, 0.3) is 0 Å². The fourth-order valence-electron chi connectivity index (χ4n) is 2.93. The summed E-state index contributed by atoms with van der Waals surface area (Å²) in [6, 6.07) is -1.77. The minimum absolute atomic E-state index is 0.106. The number of unbranched alkanes of at least 4 members (excludes halogenated alkanes) is 4. The maximum Gasteiger partial charge on any atom is 0.326 e. The van der Waals surface area contributed by atoms with Crippen molar-refractivity contribution in [2.24, 2.45) is 0 Å². The lowest BCUT2D eigenvalue weighted by molar-refractivity contribution is -0.143. The zero-order valence-corrected chi connectivity index (χ0v) is 14.2. The molecule has 136 valence electrons. The standard InChI is InChI=1S/C17H28N2O5/c1-3-4-5-6-7-8-9-14(17(23)24)18-16(22)15-10-13(21)11-19(15)12(2)20/h3,13-15,21H,1,4-11H2,2H3,(H,18,22)(H,23,24)/t13-,14+,15+/m1/s1. The van der Waals surface area contributed by atoms with Gasteiger partial charge in [0.1, 0.15) is 12.1 Å². The Balaban J connectivity index is 2.49. The number of carboxylic acid groups (broad SMARTS) is 1. The molecule has 3 atom stereocenters. The molecular formula is C17H28N2O5. The Morgan fingerprint density at radius 1 is 1.29 bits per heavy atom. The number of allylic oxidation sites excluding steroid dienone is 1. The second-order valence-corrected chi connectivity index (χ2v) is 6.26. The molecule has 0 aromatic rings. The van der Waals surface area contributed by atoms with Crippen LogP contribution < -0.4 is 5.32 Å². The van der Waals surface area contributed by atoms with Gasteiger partial charge in [-0.2, -0.15) is 0 Å². The summed E-state index contributed by atoms with van der Waals surface area (Å²) in [5.41, 5.74) is 0. The Morgan fingerprint density at radius 3 is 2.54 bits per heavy atom. The Labute approximate surface area is 142 Å². The molecule has 24 heavy (non-hydrogen) atoms. The highest BCUT2D eigenvalue weighted by Crippen LogP contribution is 2.18. The van der Waals surface area contributed by atoms with Crippen LogP contribution in [0.25, 0.3) is 0 Å². The summed E-state index contributed by atoms with van der Waals surface area (Å²) in [6.45, 7) is 5.09. The minimum atomic E-state index is -1.08. The molecule has 0 saturated carbocycles. The van der Waals surface area contributed by atoms with Crippen LogP contribution in [-0.2, 0) is 14.4 Å². The van der Waals surface area contributed by atoms with Crippen LogP contribution in [0.4, 0.5) is 0 Å². The number of rotatable bonds is 10. The molecule has 3 N–H and O–H groups in total. The average Bonchev–Trinajstić information content (AvgIpc) is 2.91. The lowest BCUT2D eigenvalue weighted by Crippen LogP contribution is -2.50. The van der Waals surface area contributed by atoms with Crippen LogP contribution in [0.3, 0.4) is 0 Å². The van der Waals surface area contributed by atoms with E-state index in [1.807, 2.05) is 6.08 Å². The highest BCUT2D eigenvalue weighted by molar-refractivity contribution is 5.90. The summed E-state index contributed by atoms with van der Waals surface area (Å²) in [5.74, 6) is -1.90. The van der Waals surface area contributed by atoms with E-state index in [4.69, 9.17) is 0 Å². The molecule has 7 heteroatoms. The smallest absolute Gasteiger partial charge is 0.326 e. The summed E-state index contributed by atoms with van der Waals surface area (Å²) in [5, 5.41) is 21.4. The molecule has 0 unspecified atom stereocenters. The lowest BCUT2D eigenvalue weighted by atomic mass is 10.1. The summed E-state index contributed by atoms with van der Waals surface area (Å²) in [6.07, 6.45) is 6.18. The van der Waals surface area contributed by atoms with Crippen molar-refractivity contribution in [2.45, 2.75) is 70.1 Å². The van der Waals surface area contributed by atoms with E-state index in [9.17, 15) is 24.6 Å². The van der Waals surface area contributed by atoms with Gasteiger partial charge in [-0.1, -0.05) is 25.3 Å². The van der Waals surface area contributed by atoms with Crippen LogP contribution in [0.5, 0.6) is 0 Å². The molecule has 1 saturated heterocycles. The molecule has 0 aromatic heterocycles. The number of aliphatic hydroxyl groups is 1. The van der Waals surface area contributed by atoms with Gasteiger partial charge in [0.15, 0.2) is 0 Å².